The van der Waals surface area contributed by atoms with Gasteiger partial charge in [0.25, 0.3) is 0 Å². The molecule has 0 unspecified atom stereocenters. The molecule has 1 heterocycles. The van der Waals surface area contributed by atoms with Gasteiger partial charge in [-0.15, -0.1) is 0 Å². The summed E-state index contributed by atoms with van der Waals surface area (Å²) < 4.78 is 60.9. The molecule has 0 bridgehead atoms. The molecule has 1 aromatic heterocycles. The molecule has 1 aromatic rings. The second-order valence-electron chi connectivity index (χ2n) is 2.84. The molecule has 1 rings (SSSR count). The van der Waals surface area contributed by atoms with Crippen LogP contribution >= 0.6 is 0 Å². The second kappa shape index (κ2) is 5.78. The van der Waals surface area contributed by atoms with E-state index in [4.69, 9.17) is 13.0 Å². The summed E-state index contributed by atoms with van der Waals surface area (Å²) in [5, 5.41) is 0. The number of aromatic nitrogens is 1. The summed E-state index contributed by atoms with van der Waals surface area (Å²) in [5.74, 6) is 0. The van der Waals surface area contributed by atoms with Crippen molar-refractivity contribution in [3.05, 3.63) is 36.7 Å². The first-order valence-corrected chi connectivity index (χ1v) is 5.59. The number of pyridine rings is 1. The van der Waals surface area contributed by atoms with Crippen molar-refractivity contribution in [2.24, 2.45) is 7.05 Å². The zero-order valence-electron chi connectivity index (χ0n) is 8.81. The van der Waals surface area contributed by atoms with E-state index in [1.165, 1.54) is 0 Å². The predicted molar refractivity (Wildman–Crippen MR) is 53.5 cm³/mol. The van der Waals surface area contributed by atoms with Crippen molar-refractivity contribution >= 4 is 16.2 Å². The number of alkyl halides is 3. The Labute approximate surface area is 96.8 Å². The van der Waals surface area contributed by atoms with Gasteiger partial charge >= 0.3 is 5.51 Å². The number of aryl methyl sites for hydroxylation is 1. The molecule has 0 spiro atoms. The van der Waals surface area contributed by atoms with Gasteiger partial charge in [-0.2, -0.15) is 13.2 Å². The maximum Gasteiger partial charge on any atom is 0.485 e. The molecule has 0 atom stereocenters. The van der Waals surface area contributed by atoms with Crippen molar-refractivity contribution < 1.29 is 30.7 Å². The van der Waals surface area contributed by atoms with Crippen LogP contribution in [0.25, 0.3) is 6.08 Å². The van der Waals surface area contributed by atoms with Crippen LogP contribution in [0.2, 0.25) is 0 Å². The van der Waals surface area contributed by atoms with E-state index in [2.05, 4.69) is 6.58 Å². The van der Waals surface area contributed by atoms with Crippen molar-refractivity contribution in [1.29, 1.82) is 0 Å². The number of nitrogens with zero attached hydrogens (tertiary/aromatic N) is 1. The van der Waals surface area contributed by atoms with E-state index in [0.717, 1.165) is 5.69 Å². The highest BCUT2D eigenvalue weighted by molar-refractivity contribution is 7.86. The summed E-state index contributed by atoms with van der Waals surface area (Å²) in [4.78, 5) is 0. The molecule has 0 saturated heterocycles. The molecule has 0 N–H and O–H groups in total. The summed E-state index contributed by atoms with van der Waals surface area (Å²) in [6.45, 7) is 3.67. The number of halogens is 3. The van der Waals surface area contributed by atoms with Gasteiger partial charge in [-0.05, 0) is 6.07 Å². The normalized spacial score (nSPS) is 11.4. The Morgan fingerprint density at radius 1 is 1.41 bits per heavy atom. The van der Waals surface area contributed by atoms with Crippen LogP contribution < -0.4 is 4.57 Å². The second-order valence-corrected chi connectivity index (χ2v) is 4.21. The zero-order valence-corrected chi connectivity index (χ0v) is 9.62. The average Bonchev–Trinajstić information content (AvgIpc) is 2.16. The van der Waals surface area contributed by atoms with Crippen molar-refractivity contribution in [2.75, 3.05) is 0 Å². The Hall–Kier alpha value is -1.41. The van der Waals surface area contributed by atoms with Gasteiger partial charge in [0.15, 0.2) is 16.3 Å². The molecule has 17 heavy (non-hydrogen) atoms. The highest BCUT2D eigenvalue weighted by Crippen LogP contribution is 2.20. The van der Waals surface area contributed by atoms with Crippen molar-refractivity contribution in [3.63, 3.8) is 0 Å². The topological polar surface area (TPSA) is 61.1 Å². The minimum Gasteiger partial charge on any atom is -0.741 e. The predicted octanol–water partition coefficient (Wildman–Crippen LogP) is 1.21. The maximum absolute atomic E-state index is 10.7. The number of rotatable bonds is 1. The van der Waals surface area contributed by atoms with E-state index < -0.39 is 15.6 Å². The fraction of sp³-hybridized carbons (Fsp3) is 0.222. The molecular weight excluding hydrogens is 259 g/mol. The molecule has 0 aliphatic rings. The van der Waals surface area contributed by atoms with Crippen LogP contribution in [-0.4, -0.2) is 18.5 Å². The van der Waals surface area contributed by atoms with Crippen molar-refractivity contribution in [3.8, 4) is 0 Å². The van der Waals surface area contributed by atoms with Crippen molar-refractivity contribution in [1.82, 2.24) is 0 Å². The van der Waals surface area contributed by atoms with Gasteiger partial charge in [0.2, 0.25) is 5.69 Å². The molecular formula is C9H10F3NO3S. The summed E-state index contributed by atoms with van der Waals surface area (Å²) in [7, 11) is -4.09. The van der Waals surface area contributed by atoms with Crippen LogP contribution in [0.1, 0.15) is 5.69 Å². The Bertz CT molecular complexity index is 483. The lowest BCUT2D eigenvalue weighted by Gasteiger charge is -2.08. The van der Waals surface area contributed by atoms with Gasteiger partial charge < -0.3 is 4.55 Å². The zero-order chi connectivity index (χ0) is 13.7. The van der Waals surface area contributed by atoms with Gasteiger partial charge in [-0.3, -0.25) is 0 Å². The van der Waals surface area contributed by atoms with Crippen LogP contribution in [0, 0.1) is 0 Å². The fourth-order valence-electron chi connectivity index (χ4n) is 0.749. The lowest BCUT2D eigenvalue weighted by Crippen LogP contribution is -2.30. The van der Waals surface area contributed by atoms with Gasteiger partial charge in [0.05, 0.1) is 0 Å². The lowest BCUT2D eigenvalue weighted by atomic mass is 10.3. The van der Waals surface area contributed by atoms with Gasteiger partial charge in [-0.1, -0.05) is 6.58 Å². The summed E-state index contributed by atoms with van der Waals surface area (Å²) in [6.07, 6.45) is 3.83. The first-order valence-electron chi connectivity index (χ1n) is 4.19. The van der Waals surface area contributed by atoms with Gasteiger partial charge in [-0.25, -0.2) is 13.0 Å². The van der Waals surface area contributed by atoms with E-state index in [0.29, 0.717) is 0 Å². The van der Waals surface area contributed by atoms with Crippen LogP contribution in [0.5, 0.6) is 0 Å². The fourth-order valence-corrected chi connectivity index (χ4v) is 0.749. The van der Waals surface area contributed by atoms with E-state index in [9.17, 15) is 13.2 Å². The Morgan fingerprint density at radius 3 is 2.12 bits per heavy atom. The third-order valence-corrected chi connectivity index (χ3v) is 2.15. The average molecular weight is 269 g/mol. The highest BCUT2D eigenvalue weighted by Gasteiger charge is 2.36. The molecule has 0 saturated carbocycles. The molecule has 0 radical (unpaired) electrons. The standard InChI is InChI=1S/C8H10N.CHF3O3S/c1-3-8-6-4-5-7-9(8)2;2-1(3,4)8(5,6)7/h3-7H,1H2,2H3;(H,5,6,7)/q+1;/p-1. The smallest absolute Gasteiger partial charge is 0.485 e. The van der Waals surface area contributed by atoms with Gasteiger partial charge in [0.1, 0.15) is 7.05 Å². The number of hydrogen-bond donors (Lipinski definition) is 0. The molecule has 0 aliphatic heterocycles. The third-order valence-electron chi connectivity index (χ3n) is 1.59. The van der Waals surface area contributed by atoms with E-state index in [-0.39, 0.29) is 0 Å². The first-order chi connectivity index (χ1) is 7.59. The monoisotopic (exact) mass is 269 g/mol. The van der Waals surface area contributed by atoms with Crippen molar-refractivity contribution in [2.45, 2.75) is 5.51 Å². The van der Waals surface area contributed by atoms with Crippen LogP contribution in [0.3, 0.4) is 0 Å². The van der Waals surface area contributed by atoms with E-state index in [1.807, 2.05) is 42.1 Å². The number of hydrogen-bond acceptors (Lipinski definition) is 3. The van der Waals surface area contributed by atoms with Crippen LogP contribution in [0.15, 0.2) is 31.0 Å². The first kappa shape index (κ1) is 15.6. The molecule has 8 heteroatoms. The minimum atomic E-state index is -6.09. The lowest BCUT2D eigenvalue weighted by molar-refractivity contribution is -0.673. The summed E-state index contributed by atoms with van der Waals surface area (Å²) >= 11 is 0. The third kappa shape index (κ3) is 5.45. The summed E-state index contributed by atoms with van der Waals surface area (Å²) in [6, 6.07) is 6.01. The van der Waals surface area contributed by atoms with Crippen LogP contribution in [0.4, 0.5) is 13.2 Å². The van der Waals surface area contributed by atoms with Crippen LogP contribution in [-0.2, 0) is 17.2 Å². The van der Waals surface area contributed by atoms with E-state index in [1.54, 1.807) is 0 Å². The maximum atomic E-state index is 10.7. The molecule has 0 aromatic carbocycles. The summed E-state index contributed by atoms with van der Waals surface area (Å²) in [5.41, 5.74) is -4.51. The Balaban J connectivity index is 0.000000304. The van der Waals surface area contributed by atoms with Gasteiger partial charge in [0, 0.05) is 18.2 Å². The largest absolute Gasteiger partial charge is 0.741 e. The molecule has 0 amide bonds. The van der Waals surface area contributed by atoms with E-state index >= 15 is 0 Å². The molecule has 0 fully saturated rings. The SMILES string of the molecule is C=Cc1cccc[n+]1C.O=S(=O)([O-])C(F)(F)F. The molecule has 0 aliphatic carbocycles. The molecule has 4 nitrogen and oxygen atoms in total. The minimum absolute atomic E-state index is 1.14. The molecule has 96 valence electrons. The Kier molecular flexibility index (Phi) is 5.30. The highest BCUT2D eigenvalue weighted by atomic mass is 32.2. The quantitative estimate of drug-likeness (QED) is 0.437. The Morgan fingerprint density at radius 2 is 1.88 bits per heavy atom.